The first kappa shape index (κ1) is 21.8. The predicted molar refractivity (Wildman–Crippen MR) is 111 cm³/mol. The van der Waals surface area contributed by atoms with Crippen LogP contribution in [0.15, 0.2) is 53.9 Å². The molecule has 0 aliphatic carbocycles. The summed E-state index contributed by atoms with van der Waals surface area (Å²) in [5, 5.41) is 2.37. The van der Waals surface area contributed by atoms with Crippen LogP contribution in [0, 0.1) is 0 Å². The number of carbonyl (C=O) groups is 1. The van der Waals surface area contributed by atoms with E-state index in [9.17, 15) is 18.0 Å². The molecule has 0 saturated heterocycles. The lowest BCUT2D eigenvalue weighted by atomic mass is 10.1. The standard InChI is InChI=1S/C22H21F3N2O2S/c1-3-27(4-2)21(28)18-14-30-20(26-18)17-7-5-6-8-19(17)29-13-15-9-11-16(12-10-15)22(23,24)25/h5-12,14H,3-4,13H2,1-2H3. The van der Waals surface area contributed by atoms with Crippen molar-refractivity contribution in [3.63, 3.8) is 0 Å². The summed E-state index contributed by atoms with van der Waals surface area (Å²) in [6.07, 6.45) is -4.36. The monoisotopic (exact) mass is 434 g/mol. The van der Waals surface area contributed by atoms with Gasteiger partial charge >= 0.3 is 6.18 Å². The zero-order valence-corrected chi connectivity index (χ0v) is 17.4. The number of hydrogen-bond acceptors (Lipinski definition) is 4. The molecule has 0 aliphatic rings. The van der Waals surface area contributed by atoms with Crippen molar-refractivity contribution in [2.24, 2.45) is 0 Å². The molecule has 0 radical (unpaired) electrons. The highest BCUT2D eigenvalue weighted by atomic mass is 32.1. The van der Waals surface area contributed by atoms with Crippen LogP contribution < -0.4 is 4.74 Å². The fraction of sp³-hybridized carbons (Fsp3) is 0.273. The summed E-state index contributed by atoms with van der Waals surface area (Å²) < 4.78 is 44.0. The molecule has 158 valence electrons. The molecule has 3 rings (SSSR count). The van der Waals surface area contributed by atoms with Crippen LogP contribution in [0.5, 0.6) is 5.75 Å². The highest BCUT2D eigenvalue weighted by Gasteiger charge is 2.29. The van der Waals surface area contributed by atoms with E-state index < -0.39 is 11.7 Å². The van der Waals surface area contributed by atoms with E-state index in [0.717, 1.165) is 17.7 Å². The third-order valence-electron chi connectivity index (χ3n) is 4.57. The quantitative estimate of drug-likeness (QED) is 0.466. The van der Waals surface area contributed by atoms with Crippen molar-refractivity contribution in [1.29, 1.82) is 0 Å². The molecule has 0 spiro atoms. The first-order chi connectivity index (χ1) is 14.3. The van der Waals surface area contributed by atoms with E-state index in [4.69, 9.17) is 4.74 Å². The predicted octanol–water partition coefficient (Wildman–Crippen LogP) is 5.89. The third-order valence-corrected chi connectivity index (χ3v) is 5.44. The zero-order valence-electron chi connectivity index (χ0n) is 16.6. The van der Waals surface area contributed by atoms with Crippen molar-refractivity contribution in [3.05, 3.63) is 70.7 Å². The number of hydrogen-bond donors (Lipinski definition) is 0. The van der Waals surface area contributed by atoms with Crippen molar-refractivity contribution in [2.45, 2.75) is 26.6 Å². The number of para-hydroxylation sites is 1. The molecule has 0 bridgehead atoms. The van der Waals surface area contributed by atoms with Gasteiger partial charge in [-0.1, -0.05) is 24.3 Å². The number of ether oxygens (including phenoxy) is 1. The lowest BCUT2D eigenvalue weighted by Gasteiger charge is -2.16. The molecule has 0 unspecified atom stereocenters. The van der Waals surface area contributed by atoms with Crippen molar-refractivity contribution in [3.8, 4) is 16.3 Å². The molecule has 8 heteroatoms. The topological polar surface area (TPSA) is 42.4 Å². The Morgan fingerprint density at radius 2 is 1.73 bits per heavy atom. The van der Waals surface area contributed by atoms with Crippen LogP contribution in [-0.4, -0.2) is 28.9 Å². The second-order valence-corrected chi connectivity index (χ2v) is 7.35. The fourth-order valence-corrected chi connectivity index (χ4v) is 3.71. The maximum absolute atomic E-state index is 12.7. The molecule has 0 fully saturated rings. The van der Waals surface area contributed by atoms with Crippen LogP contribution in [0.1, 0.15) is 35.5 Å². The van der Waals surface area contributed by atoms with Gasteiger partial charge in [0, 0.05) is 18.5 Å². The van der Waals surface area contributed by atoms with Crippen LogP contribution in [-0.2, 0) is 12.8 Å². The molecule has 0 atom stereocenters. The van der Waals surface area contributed by atoms with E-state index in [1.807, 2.05) is 26.0 Å². The SMILES string of the molecule is CCN(CC)C(=O)c1csc(-c2ccccc2OCc2ccc(C(F)(F)F)cc2)n1. The summed E-state index contributed by atoms with van der Waals surface area (Å²) in [6.45, 7) is 5.16. The Labute approximate surface area is 176 Å². The van der Waals surface area contributed by atoms with Gasteiger partial charge in [-0.3, -0.25) is 4.79 Å². The Morgan fingerprint density at radius 1 is 1.07 bits per heavy atom. The molecule has 1 amide bonds. The van der Waals surface area contributed by atoms with Crippen molar-refractivity contribution in [1.82, 2.24) is 9.88 Å². The largest absolute Gasteiger partial charge is 0.488 e. The summed E-state index contributed by atoms with van der Waals surface area (Å²) in [4.78, 5) is 18.7. The molecule has 0 N–H and O–H groups in total. The normalized spacial score (nSPS) is 11.4. The summed E-state index contributed by atoms with van der Waals surface area (Å²) in [7, 11) is 0. The number of halogens is 3. The van der Waals surface area contributed by atoms with Crippen LogP contribution in [0.25, 0.3) is 10.6 Å². The maximum atomic E-state index is 12.7. The fourth-order valence-electron chi connectivity index (χ4n) is 2.89. The Hall–Kier alpha value is -2.87. The number of nitrogens with zero attached hydrogens (tertiary/aromatic N) is 2. The maximum Gasteiger partial charge on any atom is 0.416 e. The lowest BCUT2D eigenvalue weighted by molar-refractivity contribution is -0.137. The Bertz CT molecular complexity index is 996. The van der Waals surface area contributed by atoms with Crippen molar-refractivity contribution >= 4 is 17.2 Å². The first-order valence-corrected chi connectivity index (χ1v) is 10.3. The van der Waals surface area contributed by atoms with Gasteiger partial charge in [-0.05, 0) is 43.7 Å². The second-order valence-electron chi connectivity index (χ2n) is 6.49. The highest BCUT2D eigenvalue weighted by molar-refractivity contribution is 7.13. The minimum atomic E-state index is -4.36. The van der Waals surface area contributed by atoms with Gasteiger partial charge in [0.1, 0.15) is 23.1 Å². The zero-order chi connectivity index (χ0) is 21.7. The summed E-state index contributed by atoms with van der Waals surface area (Å²) >= 11 is 1.35. The molecule has 0 aliphatic heterocycles. The van der Waals surface area contributed by atoms with Crippen molar-refractivity contribution in [2.75, 3.05) is 13.1 Å². The molecular formula is C22H21F3N2O2S. The van der Waals surface area contributed by atoms with Gasteiger partial charge in [0.2, 0.25) is 0 Å². The molecule has 4 nitrogen and oxygen atoms in total. The van der Waals surface area contributed by atoms with Gasteiger partial charge < -0.3 is 9.64 Å². The van der Waals surface area contributed by atoms with Gasteiger partial charge in [0.25, 0.3) is 5.91 Å². The third kappa shape index (κ3) is 4.99. The molecule has 30 heavy (non-hydrogen) atoms. The van der Waals surface area contributed by atoms with Gasteiger partial charge in [0.15, 0.2) is 0 Å². The number of carbonyl (C=O) groups excluding carboxylic acids is 1. The molecular weight excluding hydrogens is 413 g/mol. The average Bonchev–Trinajstić information content (AvgIpc) is 3.23. The van der Waals surface area contributed by atoms with Crippen LogP contribution in [0.3, 0.4) is 0 Å². The molecule has 3 aromatic rings. The lowest BCUT2D eigenvalue weighted by Crippen LogP contribution is -2.30. The number of alkyl halides is 3. The van der Waals surface area contributed by atoms with E-state index >= 15 is 0 Å². The van der Waals surface area contributed by atoms with Gasteiger partial charge in [-0.2, -0.15) is 13.2 Å². The summed E-state index contributed by atoms with van der Waals surface area (Å²) in [6, 6.07) is 12.1. The van der Waals surface area contributed by atoms with Gasteiger partial charge in [-0.15, -0.1) is 11.3 Å². The number of aromatic nitrogens is 1. The van der Waals surface area contributed by atoms with E-state index in [1.165, 1.54) is 23.5 Å². The van der Waals surface area contributed by atoms with Crippen molar-refractivity contribution < 1.29 is 22.7 Å². The van der Waals surface area contributed by atoms with E-state index in [0.29, 0.717) is 35.1 Å². The number of rotatable bonds is 7. The Morgan fingerprint density at radius 3 is 2.37 bits per heavy atom. The number of amides is 1. The second kappa shape index (κ2) is 9.30. The van der Waals surface area contributed by atoms with E-state index in [2.05, 4.69) is 4.98 Å². The van der Waals surface area contributed by atoms with E-state index in [-0.39, 0.29) is 12.5 Å². The summed E-state index contributed by atoms with van der Waals surface area (Å²) in [5.41, 5.74) is 1.04. The van der Waals surface area contributed by atoms with Crippen LogP contribution >= 0.6 is 11.3 Å². The molecule has 1 aromatic heterocycles. The number of thiazole rings is 1. The first-order valence-electron chi connectivity index (χ1n) is 9.46. The average molecular weight is 434 g/mol. The molecule has 1 heterocycles. The molecule has 0 saturated carbocycles. The number of benzene rings is 2. The van der Waals surface area contributed by atoms with E-state index in [1.54, 1.807) is 22.4 Å². The smallest absolute Gasteiger partial charge is 0.416 e. The van der Waals surface area contributed by atoms with Crippen LogP contribution in [0.2, 0.25) is 0 Å². The van der Waals surface area contributed by atoms with Gasteiger partial charge in [-0.25, -0.2) is 4.98 Å². The Kier molecular flexibility index (Phi) is 6.77. The minimum Gasteiger partial charge on any atom is -0.488 e. The van der Waals surface area contributed by atoms with Gasteiger partial charge in [0.05, 0.1) is 11.1 Å². The molecule has 2 aromatic carbocycles. The summed E-state index contributed by atoms with van der Waals surface area (Å²) in [5.74, 6) is 0.430. The highest BCUT2D eigenvalue weighted by Crippen LogP contribution is 2.33. The van der Waals surface area contributed by atoms with Crippen LogP contribution in [0.4, 0.5) is 13.2 Å². The Balaban J connectivity index is 1.76. The minimum absolute atomic E-state index is 0.117.